The Kier molecular flexibility index (Phi) is 5.01. The average molecular weight is 529 g/mol. The fourth-order valence-corrected chi connectivity index (χ4v) is 6.45. The highest BCUT2D eigenvalue weighted by atomic mass is 16.5. The summed E-state index contributed by atoms with van der Waals surface area (Å²) in [7, 11) is 0. The summed E-state index contributed by atoms with van der Waals surface area (Å²) in [5.41, 5.74) is 11.4. The number of guanidine groups is 2. The third-order valence-corrected chi connectivity index (χ3v) is 8.13. The van der Waals surface area contributed by atoms with Crippen molar-refractivity contribution >= 4 is 29.6 Å². The summed E-state index contributed by atoms with van der Waals surface area (Å²) < 4.78 is 7.51. The quantitative estimate of drug-likeness (QED) is 0.106. The molecule has 1 aromatic carbocycles. The maximum Gasteiger partial charge on any atom is 0.347 e. The van der Waals surface area contributed by atoms with Gasteiger partial charge in [0.05, 0.1) is 18.7 Å². The predicted molar refractivity (Wildman–Crippen MR) is 130 cm³/mol. The first-order valence-corrected chi connectivity index (χ1v) is 12.6. The number of amides is 3. The van der Waals surface area contributed by atoms with E-state index in [1.54, 1.807) is 12.1 Å². The number of fused-ring (bicyclic) bond motifs is 1. The van der Waals surface area contributed by atoms with Gasteiger partial charge >= 0.3 is 11.9 Å². The minimum Gasteiger partial charge on any atom is -0.486 e. The molecule has 0 aromatic heterocycles. The van der Waals surface area contributed by atoms with Crippen LogP contribution in [-0.4, -0.2) is 97.6 Å². The molecule has 0 radical (unpaired) electrons. The number of nitrogens with two attached hydrogens (primary N) is 2. The lowest BCUT2D eigenvalue weighted by Crippen LogP contribution is -2.92. The maximum absolute atomic E-state index is 13.4. The number of carbonyl (C=O) groups is 3. The molecule has 5 aliphatic rings. The highest BCUT2D eigenvalue weighted by molar-refractivity contribution is 6.02. The number of ether oxygens (including phenoxy) is 1. The van der Waals surface area contributed by atoms with E-state index in [-0.39, 0.29) is 55.2 Å². The molecule has 1 aromatic rings. The lowest BCUT2D eigenvalue weighted by Gasteiger charge is -2.41. The summed E-state index contributed by atoms with van der Waals surface area (Å²) in [5.74, 6) is -3.17. The van der Waals surface area contributed by atoms with Gasteiger partial charge in [-0.1, -0.05) is 12.1 Å². The zero-order valence-electron chi connectivity index (χ0n) is 21.1. The number of carbonyl (C=O) groups excluding carboxylic acids is 3. The van der Waals surface area contributed by atoms with Crippen LogP contribution in [0.5, 0.6) is 5.75 Å². The van der Waals surface area contributed by atoms with E-state index in [4.69, 9.17) is 16.2 Å². The van der Waals surface area contributed by atoms with E-state index in [0.29, 0.717) is 12.2 Å². The molecule has 1 spiro atoms. The zero-order valence-corrected chi connectivity index (χ0v) is 21.1. The van der Waals surface area contributed by atoms with Gasteiger partial charge in [-0.2, -0.15) is 0 Å². The number of aliphatic hydroxyl groups is 2. The van der Waals surface area contributed by atoms with Gasteiger partial charge in [0.25, 0.3) is 17.4 Å². The first-order chi connectivity index (χ1) is 17.8. The van der Waals surface area contributed by atoms with E-state index in [2.05, 4.69) is 20.9 Å². The van der Waals surface area contributed by atoms with E-state index in [9.17, 15) is 24.6 Å². The number of likely N-dealkylation sites (tertiary alicyclic amines) is 1. The number of nitrogens with zero attached hydrogens (tertiary/aromatic N) is 2. The Bertz CT molecular complexity index is 1320. The Morgan fingerprint density at radius 2 is 1.97 bits per heavy atom. The molecule has 0 aliphatic carbocycles. The van der Waals surface area contributed by atoms with Crippen LogP contribution < -0.4 is 37.1 Å². The fraction of sp³-hybridized carbons (Fsp3) is 0.542. The first kappa shape index (κ1) is 24.4. The zero-order chi connectivity index (χ0) is 27.2. The van der Waals surface area contributed by atoms with Crippen LogP contribution in [0.4, 0.5) is 0 Å². The van der Waals surface area contributed by atoms with E-state index in [1.165, 1.54) is 4.58 Å². The van der Waals surface area contributed by atoms with E-state index < -0.39 is 41.1 Å². The Morgan fingerprint density at radius 1 is 1.26 bits per heavy atom. The topological polar surface area (TPSA) is 209 Å². The maximum atomic E-state index is 13.4. The molecular formula is C24H32N8O6+2. The van der Waals surface area contributed by atoms with E-state index in [0.717, 1.165) is 10.5 Å². The van der Waals surface area contributed by atoms with E-state index in [1.807, 2.05) is 19.9 Å². The molecule has 14 heteroatoms. The summed E-state index contributed by atoms with van der Waals surface area (Å²) in [4.78, 5) is 42.1. The number of hydrogen-bond donors (Lipinski definition) is 8. The van der Waals surface area contributed by atoms with Gasteiger partial charge in [-0.25, -0.2) is 9.89 Å². The van der Waals surface area contributed by atoms with Gasteiger partial charge in [-0.3, -0.25) is 41.1 Å². The molecule has 6 rings (SSSR count). The monoisotopic (exact) mass is 528 g/mol. The van der Waals surface area contributed by atoms with Gasteiger partial charge in [0.2, 0.25) is 11.8 Å². The third kappa shape index (κ3) is 3.29. The van der Waals surface area contributed by atoms with Crippen LogP contribution in [-0.2, 0) is 16.0 Å². The Balaban J connectivity index is 1.31. The van der Waals surface area contributed by atoms with Crippen molar-refractivity contribution in [3.63, 3.8) is 0 Å². The molecule has 0 bridgehead atoms. The van der Waals surface area contributed by atoms with Crippen molar-refractivity contribution in [2.75, 3.05) is 13.1 Å². The second-order valence-corrected chi connectivity index (χ2v) is 11.2. The molecule has 4 atom stereocenters. The van der Waals surface area contributed by atoms with Crippen molar-refractivity contribution in [3.05, 3.63) is 29.3 Å². The van der Waals surface area contributed by atoms with Gasteiger partial charge in [-0.05, 0) is 25.5 Å². The lowest BCUT2D eigenvalue weighted by atomic mass is 9.85. The van der Waals surface area contributed by atoms with Crippen LogP contribution in [0, 0.1) is 0 Å². The van der Waals surface area contributed by atoms with Crippen LogP contribution >= 0.6 is 0 Å². The normalized spacial score (nSPS) is 32.2. The lowest BCUT2D eigenvalue weighted by molar-refractivity contribution is -0.674. The Labute approximate surface area is 217 Å². The van der Waals surface area contributed by atoms with Crippen LogP contribution in [0.15, 0.2) is 18.2 Å². The van der Waals surface area contributed by atoms with Gasteiger partial charge in [0, 0.05) is 19.3 Å². The minimum atomic E-state index is -2.59. The van der Waals surface area contributed by atoms with Gasteiger partial charge < -0.3 is 20.3 Å². The average Bonchev–Trinajstić information content (AvgIpc) is 3.52. The molecule has 2 fully saturated rings. The molecule has 2 saturated heterocycles. The van der Waals surface area contributed by atoms with Crippen molar-refractivity contribution in [3.8, 4) is 5.75 Å². The molecule has 0 saturated carbocycles. The predicted octanol–water partition coefficient (Wildman–Crippen LogP) is -5.30. The van der Waals surface area contributed by atoms with Gasteiger partial charge in [0.15, 0.2) is 6.04 Å². The summed E-state index contributed by atoms with van der Waals surface area (Å²) in [6.07, 6.45) is 0.879. The molecule has 2 unspecified atom stereocenters. The number of benzene rings is 1. The second-order valence-electron chi connectivity index (χ2n) is 11.2. The smallest absolute Gasteiger partial charge is 0.347 e. The number of rotatable bonds is 4. The van der Waals surface area contributed by atoms with Crippen LogP contribution in [0.1, 0.15) is 42.6 Å². The van der Waals surface area contributed by atoms with Crippen LogP contribution in [0.2, 0.25) is 0 Å². The summed E-state index contributed by atoms with van der Waals surface area (Å²) in [6.45, 7) is 3.73. The Morgan fingerprint density at radius 3 is 2.68 bits per heavy atom. The number of nitrogens with one attached hydrogen (secondary N) is 4. The highest BCUT2D eigenvalue weighted by Crippen LogP contribution is 2.40. The minimum absolute atomic E-state index is 0.0523. The van der Waals surface area contributed by atoms with Crippen LogP contribution in [0.3, 0.4) is 0 Å². The second kappa shape index (κ2) is 7.80. The standard InChI is InChI=1S/C24H30N8O6/c1-22(2)8-11-4-3-5-12(17(11)38-22)19(35)28-14-10-32-21(26)27-13(9-31-15(33)6-7-16(31)34)18-23(32,24(14,36)37)30-20(25)29-18/h3-5,13-14,18,36-37H,6-10H2,1-2H3,(H6,25,26,27,28,29,30,35)/p+2/t13-,14?,18-,23?/m0/s1. The van der Waals surface area contributed by atoms with Crippen molar-refractivity contribution < 1.29 is 38.9 Å². The molecule has 3 amide bonds. The van der Waals surface area contributed by atoms with Gasteiger partial charge in [0.1, 0.15) is 23.4 Å². The molecule has 202 valence electrons. The highest BCUT2D eigenvalue weighted by Gasteiger charge is 2.78. The van der Waals surface area contributed by atoms with Crippen LogP contribution in [0.25, 0.3) is 0 Å². The fourth-order valence-electron chi connectivity index (χ4n) is 6.45. The van der Waals surface area contributed by atoms with Crippen molar-refractivity contribution in [2.24, 2.45) is 11.5 Å². The largest absolute Gasteiger partial charge is 0.486 e. The van der Waals surface area contributed by atoms with Crippen molar-refractivity contribution in [2.45, 2.75) is 68.3 Å². The number of imide groups is 1. The molecule has 14 nitrogen and oxygen atoms in total. The molecular weight excluding hydrogens is 496 g/mol. The molecule has 5 heterocycles. The van der Waals surface area contributed by atoms with E-state index >= 15 is 0 Å². The molecule has 10 N–H and O–H groups in total. The van der Waals surface area contributed by atoms with Crippen molar-refractivity contribution in [1.82, 2.24) is 20.9 Å². The van der Waals surface area contributed by atoms with Gasteiger partial charge in [-0.15, -0.1) is 0 Å². The summed E-state index contributed by atoms with van der Waals surface area (Å²) >= 11 is 0. The first-order valence-electron chi connectivity index (χ1n) is 12.6. The number of hydrogen-bond acceptors (Lipinski definition) is 10. The SMILES string of the molecule is CC1(C)Cc2cccc(C(=O)NC3C[N+]4=C(N)N[C@@H](CN5C(=O)CCC5=O)[C@@H]5[NH+]=C(N)NC54C3(O)O)c2O1. The Hall–Kier alpha value is -3.91. The number of para-hydroxylation sites is 1. The molecule has 5 aliphatic heterocycles. The van der Waals surface area contributed by atoms with Crippen molar-refractivity contribution in [1.29, 1.82) is 0 Å². The molecule has 38 heavy (non-hydrogen) atoms. The summed E-state index contributed by atoms with van der Waals surface area (Å²) in [6, 6.07) is 2.50. The third-order valence-electron chi connectivity index (χ3n) is 8.13. The summed E-state index contributed by atoms with van der Waals surface area (Å²) in [5, 5.41) is 32.1.